The normalized spacial score (nSPS) is 11.9. The zero-order chi connectivity index (χ0) is 14.3. The number of carbonyl (C=O) groups excluding carboxylic acids is 1. The van der Waals surface area contributed by atoms with E-state index in [1.807, 2.05) is 6.92 Å². The standard InChI is InChI=1S/C12H18N2O5/c1-8(3-4-12(16)17)6-13-10(15)7-18-11-5-9(2)19-14-11/h5,8H,3-4,6-7H2,1-2H3,(H,13,15)(H,16,17). The summed E-state index contributed by atoms with van der Waals surface area (Å²) in [4.78, 5) is 21.8. The number of hydrogen-bond donors (Lipinski definition) is 2. The second-order valence-electron chi connectivity index (χ2n) is 4.41. The first kappa shape index (κ1) is 15.0. The summed E-state index contributed by atoms with van der Waals surface area (Å²) in [5.41, 5.74) is 0. The molecule has 106 valence electrons. The number of aliphatic carboxylic acids is 1. The average Bonchev–Trinajstić information content (AvgIpc) is 2.77. The SMILES string of the molecule is Cc1cc(OCC(=O)NCC(C)CCC(=O)O)no1. The number of carboxylic acid groups (broad SMARTS) is 1. The maximum Gasteiger partial charge on any atom is 0.303 e. The van der Waals surface area contributed by atoms with Crippen LogP contribution in [0.1, 0.15) is 25.5 Å². The van der Waals surface area contributed by atoms with Gasteiger partial charge in [0.25, 0.3) is 11.8 Å². The number of amides is 1. The van der Waals surface area contributed by atoms with E-state index in [1.54, 1.807) is 13.0 Å². The molecule has 1 amide bonds. The molecule has 0 aliphatic carbocycles. The van der Waals surface area contributed by atoms with Crippen molar-refractivity contribution in [3.05, 3.63) is 11.8 Å². The highest BCUT2D eigenvalue weighted by molar-refractivity contribution is 5.77. The number of nitrogens with one attached hydrogen (secondary N) is 1. The molecule has 19 heavy (non-hydrogen) atoms. The largest absolute Gasteiger partial charge is 0.481 e. The van der Waals surface area contributed by atoms with E-state index in [2.05, 4.69) is 10.5 Å². The summed E-state index contributed by atoms with van der Waals surface area (Å²) in [5, 5.41) is 14.8. The summed E-state index contributed by atoms with van der Waals surface area (Å²) >= 11 is 0. The van der Waals surface area contributed by atoms with Crippen molar-refractivity contribution in [1.29, 1.82) is 0 Å². The highest BCUT2D eigenvalue weighted by atomic mass is 16.5. The molecule has 0 bridgehead atoms. The van der Waals surface area contributed by atoms with Crippen LogP contribution in [0.15, 0.2) is 10.6 Å². The highest BCUT2D eigenvalue weighted by Crippen LogP contribution is 2.09. The Labute approximate surface area is 110 Å². The lowest BCUT2D eigenvalue weighted by Gasteiger charge is -2.11. The number of carbonyl (C=O) groups is 2. The molecule has 7 nitrogen and oxygen atoms in total. The fourth-order valence-corrected chi connectivity index (χ4v) is 1.36. The Morgan fingerprint density at radius 3 is 2.89 bits per heavy atom. The zero-order valence-electron chi connectivity index (χ0n) is 11.0. The van der Waals surface area contributed by atoms with Crippen molar-refractivity contribution >= 4 is 11.9 Å². The van der Waals surface area contributed by atoms with E-state index in [9.17, 15) is 9.59 Å². The Kier molecular flexibility index (Phi) is 5.84. The first-order valence-corrected chi connectivity index (χ1v) is 6.02. The molecule has 1 heterocycles. The van der Waals surface area contributed by atoms with Gasteiger partial charge in [-0.15, -0.1) is 0 Å². The highest BCUT2D eigenvalue weighted by Gasteiger charge is 2.09. The molecule has 2 N–H and O–H groups in total. The minimum atomic E-state index is -0.831. The van der Waals surface area contributed by atoms with Gasteiger partial charge in [0, 0.05) is 19.0 Å². The summed E-state index contributed by atoms with van der Waals surface area (Å²) in [6.07, 6.45) is 0.630. The van der Waals surface area contributed by atoms with E-state index in [0.717, 1.165) is 0 Å². The molecule has 0 fully saturated rings. The number of nitrogens with zero attached hydrogens (tertiary/aromatic N) is 1. The van der Waals surface area contributed by atoms with Gasteiger partial charge in [-0.2, -0.15) is 0 Å². The van der Waals surface area contributed by atoms with Gasteiger partial charge < -0.3 is 19.7 Å². The molecular weight excluding hydrogens is 252 g/mol. The van der Waals surface area contributed by atoms with Crippen LogP contribution < -0.4 is 10.1 Å². The molecule has 0 aromatic carbocycles. The second-order valence-corrected chi connectivity index (χ2v) is 4.41. The maximum atomic E-state index is 11.5. The lowest BCUT2D eigenvalue weighted by Crippen LogP contribution is -2.32. The second kappa shape index (κ2) is 7.40. The van der Waals surface area contributed by atoms with Crippen molar-refractivity contribution in [3.63, 3.8) is 0 Å². The number of carboxylic acids is 1. The fourth-order valence-electron chi connectivity index (χ4n) is 1.36. The van der Waals surface area contributed by atoms with E-state index >= 15 is 0 Å². The monoisotopic (exact) mass is 270 g/mol. The Morgan fingerprint density at radius 2 is 2.32 bits per heavy atom. The van der Waals surface area contributed by atoms with E-state index in [-0.39, 0.29) is 30.7 Å². The summed E-state index contributed by atoms with van der Waals surface area (Å²) in [7, 11) is 0. The van der Waals surface area contributed by atoms with E-state index in [0.29, 0.717) is 18.7 Å². The van der Waals surface area contributed by atoms with Crippen LogP contribution in [0, 0.1) is 12.8 Å². The first-order chi connectivity index (χ1) is 8.97. The molecule has 0 aliphatic heterocycles. The van der Waals surface area contributed by atoms with E-state index in [4.69, 9.17) is 14.4 Å². The molecule has 1 rings (SSSR count). The quantitative estimate of drug-likeness (QED) is 0.730. The van der Waals surface area contributed by atoms with Crippen molar-refractivity contribution < 1.29 is 24.0 Å². The minimum Gasteiger partial charge on any atom is -0.481 e. The van der Waals surface area contributed by atoms with Crippen LogP contribution in [0.5, 0.6) is 5.88 Å². The van der Waals surface area contributed by atoms with Crippen molar-refractivity contribution in [3.8, 4) is 5.88 Å². The first-order valence-electron chi connectivity index (χ1n) is 6.02. The van der Waals surface area contributed by atoms with Crippen molar-refractivity contribution in [2.24, 2.45) is 5.92 Å². The third kappa shape index (κ3) is 6.44. The molecule has 1 unspecified atom stereocenters. The summed E-state index contributed by atoms with van der Waals surface area (Å²) in [6.45, 7) is 3.89. The lowest BCUT2D eigenvalue weighted by molar-refractivity contribution is -0.137. The molecule has 1 atom stereocenters. The number of aryl methyl sites for hydroxylation is 1. The van der Waals surface area contributed by atoms with Crippen LogP contribution in [0.4, 0.5) is 0 Å². The molecule has 1 aromatic rings. The molecular formula is C12H18N2O5. The van der Waals surface area contributed by atoms with Gasteiger partial charge in [0.15, 0.2) is 6.61 Å². The Bertz CT molecular complexity index is 430. The average molecular weight is 270 g/mol. The van der Waals surface area contributed by atoms with E-state index in [1.165, 1.54) is 0 Å². The molecule has 0 saturated heterocycles. The van der Waals surface area contributed by atoms with Crippen LogP contribution in [-0.2, 0) is 9.59 Å². The Balaban J connectivity index is 2.15. The van der Waals surface area contributed by atoms with Crippen molar-refractivity contribution in [2.75, 3.05) is 13.2 Å². The van der Waals surface area contributed by atoms with Gasteiger partial charge in [0.1, 0.15) is 5.76 Å². The van der Waals surface area contributed by atoms with Gasteiger partial charge in [0.05, 0.1) is 0 Å². The topological polar surface area (TPSA) is 102 Å². The number of ether oxygens (including phenoxy) is 1. The van der Waals surface area contributed by atoms with Crippen LogP contribution in [0.3, 0.4) is 0 Å². The summed E-state index contributed by atoms with van der Waals surface area (Å²) < 4.78 is 9.90. The third-order valence-corrected chi connectivity index (χ3v) is 2.46. The third-order valence-electron chi connectivity index (χ3n) is 2.46. The fraction of sp³-hybridized carbons (Fsp3) is 0.583. The van der Waals surface area contributed by atoms with Gasteiger partial charge in [-0.1, -0.05) is 6.92 Å². The molecule has 0 saturated carbocycles. The smallest absolute Gasteiger partial charge is 0.303 e. The van der Waals surface area contributed by atoms with Crippen LogP contribution in [-0.4, -0.2) is 35.3 Å². The van der Waals surface area contributed by atoms with Crippen molar-refractivity contribution in [1.82, 2.24) is 10.5 Å². The Hall–Kier alpha value is -2.05. The van der Waals surface area contributed by atoms with Gasteiger partial charge >= 0.3 is 5.97 Å². The Morgan fingerprint density at radius 1 is 1.58 bits per heavy atom. The summed E-state index contributed by atoms with van der Waals surface area (Å²) in [6, 6.07) is 1.59. The van der Waals surface area contributed by atoms with Crippen LogP contribution in [0.25, 0.3) is 0 Å². The van der Waals surface area contributed by atoms with Crippen LogP contribution in [0.2, 0.25) is 0 Å². The van der Waals surface area contributed by atoms with Crippen LogP contribution >= 0.6 is 0 Å². The van der Waals surface area contributed by atoms with Gasteiger partial charge in [0.2, 0.25) is 0 Å². The number of hydrogen-bond acceptors (Lipinski definition) is 5. The zero-order valence-corrected chi connectivity index (χ0v) is 11.0. The molecule has 0 aliphatic rings. The minimum absolute atomic E-state index is 0.103. The van der Waals surface area contributed by atoms with Gasteiger partial charge in [-0.3, -0.25) is 9.59 Å². The lowest BCUT2D eigenvalue weighted by atomic mass is 10.1. The number of aromatic nitrogens is 1. The molecule has 0 spiro atoms. The summed E-state index contributed by atoms with van der Waals surface area (Å²) in [5.74, 6) is -0.121. The molecule has 1 aromatic heterocycles. The van der Waals surface area contributed by atoms with Gasteiger partial charge in [-0.05, 0) is 24.4 Å². The predicted octanol–water partition coefficient (Wildman–Crippen LogP) is 0.979. The maximum absolute atomic E-state index is 11.5. The van der Waals surface area contributed by atoms with E-state index < -0.39 is 5.97 Å². The molecule has 0 radical (unpaired) electrons. The molecule has 7 heteroatoms. The van der Waals surface area contributed by atoms with Crippen molar-refractivity contribution in [2.45, 2.75) is 26.7 Å². The number of rotatable bonds is 8. The predicted molar refractivity (Wildman–Crippen MR) is 65.8 cm³/mol. The van der Waals surface area contributed by atoms with Gasteiger partial charge in [-0.25, -0.2) is 0 Å².